The average Bonchev–Trinajstić information content (AvgIpc) is 2.53. The summed E-state index contributed by atoms with van der Waals surface area (Å²) in [7, 11) is 0. The van der Waals surface area contributed by atoms with Gasteiger partial charge in [-0.05, 0) is 48.3 Å². The molecule has 6 heteroatoms. The quantitative estimate of drug-likeness (QED) is 0.712. The molecule has 0 aliphatic carbocycles. The van der Waals surface area contributed by atoms with Crippen LogP contribution in [0.3, 0.4) is 0 Å². The molecule has 0 aliphatic heterocycles. The summed E-state index contributed by atoms with van der Waals surface area (Å²) in [5.74, 6) is 1.74. The van der Waals surface area contributed by atoms with Gasteiger partial charge in [0, 0.05) is 25.0 Å². The van der Waals surface area contributed by atoms with Crippen LogP contribution in [0.1, 0.15) is 49.8 Å². The number of halogens is 3. The lowest BCUT2D eigenvalue weighted by atomic mass is 9.96. The van der Waals surface area contributed by atoms with Crippen molar-refractivity contribution in [3.63, 3.8) is 0 Å². The fourth-order valence-electron chi connectivity index (χ4n) is 2.61. The molecule has 0 radical (unpaired) electrons. The van der Waals surface area contributed by atoms with Crippen LogP contribution in [0.5, 0.6) is 0 Å². The van der Waals surface area contributed by atoms with Gasteiger partial charge in [0.25, 0.3) is 0 Å². The Labute approximate surface area is 146 Å². The molecule has 2 aromatic rings. The van der Waals surface area contributed by atoms with Crippen LogP contribution >= 0.6 is 0 Å². The summed E-state index contributed by atoms with van der Waals surface area (Å²) in [5.41, 5.74) is 1.07. The van der Waals surface area contributed by atoms with Gasteiger partial charge in [-0.1, -0.05) is 26.8 Å². The van der Waals surface area contributed by atoms with E-state index in [1.54, 1.807) is 0 Å². The van der Waals surface area contributed by atoms with Crippen molar-refractivity contribution in [3.8, 4) is 0 Å². The standard InChI is InChI=1S/C19H24F3N3/c1-13(2)8-18-24-11-16(12-25-18)5-4-14(3)9-15-6-7-17(23-10-15)19(20,21)22/h6-7,10-14H,4-5,8-9H2,1-3H3. The average molecular weight is 351 g/mol. The molecule has 1 atom stereocenters. The highest BCUT2D eigenvalue weighted by atomic mass is 19.4. The summed E-state index contributed by atoms with van der Waals surface area (Å²) < 4.78 is 37.5. The second-order valence-electron chi connectivity index (χ2n) is 7.00. The number of alkyl halides is 3. The summed E-state index contributed by atoms with van der Waals surface area (Å²) in [6, 6.07) is 2.56. The molecular weight excluding hydrogens is 327 g/mol. The fraction of sp³-hybridized carbons (Fsp3) is 0.526. The smallest absolute Gasteiger partial charge is 0.252 e. The molecule has 0 saturated carbocycles. The molecule has 0 spiro atoms. The minimum absolute atomic E-state index is 0.342. The Bertz CT molecular complexity index is 649. The molecule has 0 amide bonds. The van der Waals surface area contributed by atoms with Gasteiger partial charge in [-0.15, -0.1) is 0 Å². The van der Waals surface area contributed by atoms with E-state index in [0.29, 0.717) is 18.3 Å². The second-order valence-corrected chi connectivity index (χ2v) is 7.00. The molecule has 25 heavy (non-hydrogen) atoms. The summed E-state index contributed by atoms with van der Waals surface area (Å²) in [6.45, 7) is 6.36. The molecule has 136 valence electrons. The van der Waals surface area contributed by atoms with E-state index in [4.69, 9.17) is 0 Å². The molecule has 0 saturated heterocycles. The van der Waals surface area contributed by atoms with Crippen LogP contribution < -0.4 is 0 Å². The normalized spacial score (nSPS) is 13.2. The van der Waals surface area contributed by atoms with Crippen LogP contribution in [-0.2, 0) is 25.4 Å². The molecule has 2 aromatic heterocycles. The van der Waals surface area contributed by atoms with Gasteiger partial charge in [-0.25, -0.2) is 9.97 Å². The third-order valence-corrected chi connectivity index (χ3v) is 3.97. The largest absolute Gasteiger partial charge is 0.433 e. The summed E-state index contributed by atoms with van der Waals surface area (Å²) in [6.07, 6.45) is 4.05. The molecule has 0 fully saturated rings. The Hall–Kier alpha value is -1.98. The van der Waals surface area contributed by atoms with Crippen LogP contribution in [0.25, 0.3) is 0 Å². The first-order valence-electron chi connectivity index (χ1n) is 8.56. The molecule has 2 heterocycles. The monoisotopic (exact) mass is 351 g/mol. The van der Waals surface area contributed by atoms with Gasteiger partial charge in [0.2, 0.25) is 0 Å². The molecule has 0 aliphatic rings. The van der Waals surface area contributed by atoms with Gasteiger partial charge in [0.05, 0.1) is 0 Å². The molecule has 0 N–H and O–H groups in total. The number of hydrogen-bond donors (Lipinski definition) is 0. The van der Waals surface area contributed by atoms with E-state index in [2.05, 4.69) is 35.7 Å². The van der Waals surface area contributed by atoms with Crippen molar-refractivity contribution < 1.29 is 13.2 Å². The lowest BCUT2D eigenvalue weighted by Gasteiger charge is -2.12. The highest BCUT2D eigenvalue weighted by Gasteiger charge is 2.32. The Balaban J connectivity index is 1.83. The van der Waals surface area contributed by atoms with E-state index in [9.17, 15) is 13.2 Å². The van der Waals surface area contributed by atoms with E-state index in [0.717, 1.165) is 42.3 Å². The number of hydrogen-bond acceptors (Lipinski definition) is 3. The van der Waals surface area contributed by atoms with Gasteiger partial charge < -0.3 is 0 Å². The lowest BCUT2D eigenvalue weighted by Crippen LogP contribution is -2.09. The van der Waals surface area contributed by atoms with E-state index in [1.807, 2.05) is 12.4 Å². The molecule has 0 bridgehead atoms. The van der Waals surface area contributed by atoms with E-state index >= 15 is 0 Å². The van der Waals surface area contributed by atoms with Crippen molar-refractivity contribution in [2.75, 3.05) is 0 Å². The van der Waals surface area contributed by atoms with Gasteiger partial charge in [0.1, 0.15) is 11.5 Å². The summed E-state index contributed by atoms with van der Waals surface area (Å²) >= 11 is 0. The van der Waals surface area contributed by atoms with Gasteiger partial charge >= 0.3 is 6.18 Å². The third kappa shape index (κ3) is 6.44. The SMILES string of the molecule is CC(C)Cc1ncc(CCC(C)Cc2ccc(C(F)(F)F)nc2)cn1. The maximum Gasteiger partial charge on any atom is 0.433 e. The van der Waals surface area contributed by atoms with Crippen molar-refractivity contribution in [2.45, 2.75) is 52.6 Å². The zero-order chi connectivity index (χ0) is 18.4. The van der Waals surface area contributed by atoms with E-state index < -0.39 is 11.9 Å². The van der Waals surface area contributed by atoms with Crippen LogP contribution in [0, 0.1) is 11.8 Å². The zero-order valence-corrected chi connectivity index (χ0v) is 14.8. The zero-order valence-electron chi connectivity index (χ0n) is 14.8. The van der Waals surface area contributed by atoms with Gasteiger partial charge in [0.15, 0.2) is 0 Å². The fourth-order valence-corrected chi connectivity index (χ4v) is 2.61. The lowest BCUT2D eigenvalue weighted by molar-refractivity contribution is -0.141. The number of rotatable bonds is 7. The predicted octanol–water partition coefficient (Wildman–Crippen LogP) is 4.90. The first kappa shape index (κ1) is 19.3. The molecular formula is C19H24F3N3. The summed E-state index contributed by atoms with van der Waals surface area (Å²) in [5, 5.41) is 0. The Morgan fingerprint density at radius 3 is 2.04 bits per heavy atom. The van der Waals surface area contributed by atoms with E-state index in [-0.39, 0.29) is 0 Å². The van der Waals surface area contributed by atoms with Gasteiger partial charge in [-0.2, -0.15) is 13.2 Å². The Morgan fingerprint density at radius 2 is 1.52 bits per heavy atom. The Kier molecular flexibility index (Phi) is 6.51. The maximum absolute atomic E-state index is 12.5. The van der Waals surface area contributed by atoms with Crippen molar-refractivity contribution in [2.24, 2.45) is 11.8 Å². The Morgan fingerprint density at radius 1 is 0.880 bits per heavy atom. The minimum Gasteiger partial charge on any atom is -0.252 e. The van der Waals surface area contributed by atoms with Crippen molar-refractivity contribution in [3.05, 3.63) is 53.4 Å². The molecule has 1 unspecified atom stereocenters. The van der Waals surface area contributed by atoms with Crippen molar-refractivity contribution >= 4 is 0 Å². The molecule has 0 aromatic carbocycles. The van der Waals surface area contributed by atoms with Crippen LogP contribution in [0.4, 0.5) is 13.2 Å². The first-order valence-corrected chi connectivity index (χ1v) is 8.56. The van der Waals surface area contributed by atoms with Crippen molar-refractivity contribution in [1.82, 2.24) is 15.0 Å². The minimum atomic E-state index is -4.38. The predicted molar refractivity (Wildman–Crippen MR) is 91.0 cm³/mol. The van der Waals surface area contributed by atoms with Crippen LogP contribution in [0.15, 0.2) is 30.7 Å². The maximum atomic E-state index is 12.5. The molecule has 2 rings (SSSR count). The van der Waals surface area contributed by atoms with Crippen LogP contribution in [-0.4, -0.2) is 15.0 Å². The number of aromatic nitrogens is 3. The summed E-state index contributed by atoms with van der Waals surface area (Å²) in [4.78, 5) is 12.3. The topological polar surface area (TPSA) is 38.7 Å². The van der Waals surface area contributed by atoms with E-state index in [1.165, 1.54) is 12.3 Å². The third-order valence-electron chi connectivity index (χ3n) is 3.97. The number of aryl methyl sites for hydroxylation is 1. The first-order chi connectivity index (χ1) is 11.7. The second kappa shape index (κ2) is 8.41. The highest BCUT2D eigenvalue weighted by Crippen LogP contribution is 2.27. The highest BCUT2D eigenvalue weighted by molar-refractivity contribution is 5.16. The van der Waals surface area contributed by atoms with Crippen LogP contribution in [0.2, 0.25) is 0 Å². The number of nitrogens with zero attached hydrogens (tertiary/aromatic N) is 3. The van der Waals surface area contributed by atoms with Crippen molar-refractivity contribution in [1.29, 1.82) is 0 Å². The van der Waals surface area contributed by atoms with Gasteiger partial charge in [-0.3, -0.25) is 4.98 Å². The molecule has 3 nitrogen and oxygen atoms in total. The number of pyridine rings is 1.